The summed E-state index contributed by atoms with van der Waals surface area (Å²) in [6.07, 6.45) is -2.97. The summed E-state index contributed by atoms with van der Waals surface area (Å²) in [6, 6.07) is 0. The van der Waals surface area contributed by atoms with Crippen LogP contribution >= 0.6 is 0 Å². The minimum absolute atomic E-state index is 0.167. The second-order valence-electron chi connectivity index (χ2n) is 9.05. The van der Waals surface area contributed by atoms with Crippen LogP contribution in [0.4, 0.5) is 0 Å². The van der Waals surface area contributed by atoms with Crippen molar-refractivity contribution in [3.63, 3.8) is 0 Å². The molecule has 9 nitrogen and oxygen atoms in total. The van der Waals surface area contributed by atoms with Crippen LogP contribution < -0.4 is 0 Å². The lowest BCUT2D eigenvalue weighted by molar-refractivity contribution is -0.357. The third-order valence-corrected chi connectivity index (χ3v) is 6.74. The smallest absolute Gasteiger partial charge is 0.187 e. The first-order valence-electron chi connectivity index (χ1n) is 10.2. The summed E-state index contributed by atoms with van der Waals surface area (Å²) in [6.45, 7) is 6.00. The summed E-state index contributed by atoms with van der Waals surface area (Å²) in [7, 11) is 0. The van der Waals surface area contributed by atoms with E-state index in [2.05, 4.69) is 0 Å². The molecule has 0 spiro atoms. The number of hydrogen-bond donors (Lipinski definition) is 7. The first-order valence-corrected chi connectivity index (χ1v) is 10.2. The van der Waals surface area contributed by atoms with Crippen molar-refractivity contribution in [2.45, 2.75) is 88.5 Å². The SMILES string of the molecule is CC(C=CC1(O)C(C)(OC2OC(CO)C(O)C(O)C2O)CCC(O)C1(C)C)=CCO. The number of rotatable bonds is 6. The maximum absolute atomic E-state index is 11.8. The van der Waals surface area contributed by atoms with E-state index in [1.54, 1.807) is 39.8 Å². The van der Waals surface area contributed by atoms with Crippen LogP contribution in [0.3, 0.4) is 0 Å². The van der Waals surface area contributed by atoms with Crippen LogP contribution in [0.25, 0.3) is 0 Å². The lowest BCUT2D eigenvalue weighted by atomic mass is 9.56. The fourth-order valence-electron chi connectivity index (χ4n) is 4.32. The predicted molar refractivity (Wildman–Crippen MR) is 107 cm³/mol. The van der Waals surface area contributed by atoms with Gasteiger partial charge in [-0.1, -0.05) is 31.6 Å². The van der Waals surface area contributed by atoms with Crippen molar-refractivity contribution in [1.29, 1.82) is 0 Å². The Morgan fingerprint density at radius 3 is 2.27 bits per heavy atom. The van der Waals surface area contributed by atoms with Crippen molar-refractivity contribution in [1.82, 2.24) is 0 Å². The first kappa shape index (κ1) is 25.4. The van der Waals surface area contributed by atoms with Gasteiger partial charge in [-0.2, -0.15) is 0 Å². The molecule has 2 aliphatic rings. The average molecular weight is 433 g/mol. The molecule has 0 aromatic heterocycles. The van der Waals surface area contributed by atoms with Gasteiger partial charge in [0.15, 0.2) is 6.29 Å². The molecule has 0 bridgehead atoms. The molecule has 2 rings (SSSR count). The van der Waals surface area contributed by atoms with Crippen molar-refractivity contribution in [2.75, 3.05) is 13.2 Å². The molecule has 174 valence electrons. The van der Waals surface area contributed by atoms with Gasteiger partial charge in [0.05, 0.1) is 19.3 Å². The van der Waals surface area contributed by atoms with Crippen LogP contribution in [0.5, 0.6) is 0 Å². The van der Waals surface area contributed by atoms with Gasteiger partial charge < -0.3 is 45.2 Å². The van der Waals surface area contributed by atoms with E-state index in [0.29, 0.717) is 12.0 Å². The highest BCUT2D eigenvalue weighted by atomic mass is 16.7. The highest BCUT2D eigenvalue weighted by Gasteiger charge is 2.63. The number of allylic oxidation sites excluding steroid dienone is 2. The van der Waals surface area contributed by atoms with Crippen LogP contribution in [0.2, 0.25) is 0 Å². The van der Waals surface area contributed by atoms with Gasteiger partial charge in [-0.25, -0.2) is 0 Å². The quantitative estimate of drug-likeness (QED) is 0.260. The normalized spacial score (nSPS) is 45.1. The lowest BCUT2D eigenvalue weighted by Gasteiger charge is -2.58. The fourth-order valence-corrected chi connectivity index (χ4v) is 4.32. The third kappa shape index (κ3) is 4.36. The monoisotopic (exact) mass is 432 g/mol. The minimum Gasteiger partial charge on any atom is -0.394 e. The van der Waals surface area contributed by atoms with Gasteiger partial charge >= 0.3 is 0 Å². The van der Waals surface area contributed by atoms with Gasteiger partial charge in [-0.05, 0) is 32.8 Å². The van der Waals surface area contributed by atoms with Crippen LogP contribution in [-0.4, -0.2) is 97.0 Å². The molecule has 8 atom stereocenters. The Labute approximate surface area is 176 Å². The first-order chi connectivity index (χ1) is 13.8. The molecule has 0 radical (unpaired) electrons. The minimum atomic E-state index is -1.74. The largest absolute Gasteiger partial charge is 0.394 e. The highest BCUT2D eigenvalue weighted by Crippen LogP contribution is 2.52. The zero-order valence-electron chi connectivity index (χ0n) is 18.0. The van der Waals surface area contributed by atoms with Gasteiger partial charge in [0.25, 0.3) is 0 Å². The summed E-state index contributed by atoms with van der Waals surface area (Å²) in [5.41, 5.74) is -3.47. The van der Waals surface area contributed by atoms with E-state index in [1.807, 2.05) is 0 Å². The van der Waals surface area contributed by atoms with Crippen molar-refractivity contribution < 1.29 is 45.2 Å². The molecule has 1 saturated heterocycles. The Morgan fingerprint density at radius 2 is 1.70 bits per heavy atom. The van der Waals surface area contributed by atoms with Crippen molar-refractivity contribution in [3.8, 4) is 0 Å². The Balaban J connectivity index is 2.42. The summed E-state index contributed by atoms with van der Waals surface area (Å²) < 4.78 is 11.5. The standard InChI is InChI=1S/C21H36O9/c1-12(7-10-22)5-9-21(28)19(2,3)14(24)6-8-20(21,4)30-18-17(27)16(26)15(25)13(11-23)29-18/h5,7,9,13-18,22-28H,6,8,10-11H2,1-4H3. The summed E-state index contributed by atoms with van der Waals surface area (Å²) >= 11 is 0. The molecule has 0 aromatic rings. The molecule has 1 heterocycles. The Hall–Kier alpha value is -0.880. The number of hydrogen-bond acceptors (Lipinski definition) is 9. The predicted octanol–water partition coefficient (Wildman–Crippen LogP) is -1.03. The average Bonchev–Trinajstić information content (AvgIpc) is 2.69. The van der Waals surface area contributed by atoms with Crippen LogP contribution in [0.1, 0.15) is 40.5 Å². The van der Waals surface area contributed by atoms with E-state index in [0.717, 1.165) is 0 Å². The summed E-state index contributed by atoms with van der Waals surface area (Å²) in [4.78, 5) is 0. The molecular formula is C21H36O9. The number of aliphatic hydroxyl groups is 7. The van der Waals surface area contributed by atoms with Crippen molar-refractivity contribution in [2.24, 2.45) is 5.41 Å². The molecule has 2 fully saturated rings. The van der Waals surface area contributed by atoms with Crippen LogP contribution in [-0.2, 0) is 9.47 Å². The molecule has 1 saturated carbocycles. The van der Waals surface area contributed by atoms with Gasteiger partial charge in [-0.3, -0.25) is 0 Å². The number of ether oxygens (including phenoxy) is 2. The van der Waals surface area contributed by atoms with Gasteiger partial charge in [-0.15, -0.1) is 0 Å². The molecular weight excluding hydrogens is 396 g/mol. The number of aliphatic hydroxyl groups excluding tert-OH is 6. The topological polar surface area (TPSA) is 160 Å². The fraction of sp³-hybridized carbons (Fsp3) is 0.810. The van der Waals surface area contributed by atoms with E-state index < -0.39 is 60.0 Å². The van der Waals surface area contributed by atoms with Crippen LogP contribution in [0.15, 0.2) is 23.8 Å². The molecule has 7 N–H and O–H groups in total. The third-order valence-electron chi connectivity index (χ3n) is 6.74. The summed E-state index contributed by atoms with van der Waals surface area (Å²) in [5.74, 6) is 0. The van der Waals surface area contributed by atoms with Gasteiger partial charge in [0.1, 0.15) is 35.6 Å². The lowest BCUT2D eigenvalue weighted by Crippen LogP contribution is -2.70. The molecule has 30 heavy (non-hydrogen) atoms. The molecule has 9 heteroatoms. The molecule has 0 amide bonds. The zero-order chi connectivity index (χ0) is 22.9. The maximum atomic E-state index is 11.8. The van der Waals surface area contributed by atoms with E-state index in [4.69, 9.17) is 14.6 Å². The van der Waals surface area contributed by atoms with E-state index in [9.17, 15) is 30.6 Å². The molecule has 1 aliphatic heterocycles. The Bertz CT molecular complexity index is 646. The highest BCUT2D eigenvalue weighted by molar-refractivity contribution is 5.28. The van der Waals surface area contributed by atoms with E-state index in [-0.39, 0.29) is 13.0 Å². The molecule has 1 aliphatic carbocycles. The van der Waals surface area contributed by atoms with Crippen LogP contribution in [0, 0.1) is 5.41 Å². The van der Waals surface area contributed by atoms with Gasteiger partial charge in [0, 0.05) is 5.41 Å². The van der Waals surface area contributed by atoms with E-state index in [1.165, 1.54) is 6.08 Å². The van der Waals surface area contributed by atoms with Gasteiger partial charge in [0.2, 0.25) is 0 Å². The maximum Gasteiger partial charge on any atom is 0.187 e. The molecule has 0 aromatic carbocycles. The zero-order valence-corrected chi connectivity index (χ0v) is 18.0. The van der Waals surface area contributed by atoms with E-state index >= 15 is 0 Å². The second kappa shape index (κ2) is 9.32. The summed E-state index contributed by atoms with van der Waals surface area (Å²) in [5, 5.41) is 71.3. The second-order valence-corrected chi connectivity index (χ2v) is 9.05. The van der Waals surface area contributed by atoms with Crippen molar-refractivity contribution >= 4 is 0 Å². The van der Waals surface area contributed by atoms with Crippen molar-refractivity contribution in [3.05, 3.63) is 23.8 Å². The Kier molecular flexibility index (Phi) is 7.88. The Morgan fingerprint density at radius 1 is 1.07 bits per heavy atom. The molecule has 8 unspecified atom stereocenters.